The third-order valence-corrected chi connectivity index (χ3v) is 5.04. The standard InChI is InChI=1S/C23H23ClN4O3/c1-4-21(22(30)26-18-8-6-5-7-17(18)24)28-23(31)20(25-15(3)29)13-19(27-28)16-11-9-14(2)10-12-16/h5-13,21H,4H2,1-3H3,(H,25,29)(H,26,30). The number of rotatable bonds is 6. The topological polar surface area (TPSA) is 93.1 Å². The monoisotopic (exact) mass is 438 g/mol. The Hall–Kier alpha value is -3.45. The molecule has 2 aromatic carbocycles. The van der Waals surface area contributed by atoms with Gasteiger partial charge in [-0.05, 0) is 31.5 Å². The number of carbonyl (C=O) groups is 2. The van der Waals surface area contributed by atoms with Crippen LogP contribution in [0.15, 0.2) is 59.4 Å². The molecule has 0 saturated carbocycles. The Labute approximate surface area is 185 Å². The first-order valence-corrected chi connectivity index (χ1v) is 10.2. The number of para-hydroxylation sites is 1. The number of hydrogen-bond acceptors (Lipinski definition) is 4. The van der Waals surface area contributed by atoms with E-state index in [2.05, 4.69) is 15.7 Å². The molecule has 3 rings (SSSR count). The highest BCUT2D eigenvalue weighted by molar-refractivity contribution is 6.33. The van der Waals surface area contributed by atoms with Crippen molar-refractivity contribution in [1.82, 2.24) is 9.78 Å². The van der Waals surface area contributed by atoms with Crippen LogP contribution in [0, 0.1) is 6.92 Å². The van der Waals surface area contributed by atoms with Crippen molar-refractivity contribution in [2.45, 2.75) is 33.2 Å². The molecule has 1 unspecified atom stereocenters. The summed E-state index contributed by atoms with van der Waals surface area (Å²) < 4.78 is 1.12. The third kappa shape index (κ3) is 5.19. The number of nitrogens with zero attached hydrogens (tertiary/aromatic N) is 2. The van der Waals surface area contributed by atoms with Crippen molar-refractivity contribution in [1.29, 1.82) is 0 Å². The summed E-state index contributed by atoms with van der Waals surface area (Å²) in [6.45, 7) is 5.06. The smallest absolute Gasteiger partial charge is 0.291 e. The van der Waals surface area contributed by atoms with Crippen LogP contribution in [-0.4, -0.2) is 21.6 Å². The number of aromatic nitrogens is 2. The number of carbonyl (C=O) groups excluding carboxylic acids is 2. The van der Waals surface area contributed by atoms with Gasteiger partial charge in [0.2, 0.25) is 11.8 Å². The van der Waals surface area contributed by atoms with Crippen molar-refractivity contribution in [2.24, 2.45) is 0 Å². The fourth-order valence-corrected chi connectivity index (χ4v) is 3.30. The average Bonchev–Trinajstić information content (AvgIpc) is 2.73. The van der Waals surface area contributed by atoms with Crippen LogP contribution in [0.1, 0.15) is 31.9 Å². The molecule has 0 aliphatic carbocycles. The fraction of sp³-hybridized carbons (Fsp3) is 0.217. The van der Waals surface area contributed by atoms with E-state index in [1.807, 2.05) is 31.2 Å². The Morgan fingerprint density at radius 3 is 2.35 bits per heavy atom. The van der Waals surface area contributed by atoms with Crippen LogP contribution in [0.25, 0.3) is 11.3 Å². The molecule has 1 heterocycles. The van der Waals surface area contributed by atoms with Crippen LogP contribution in [-0.2, 0) is 9.59 Å². The van der Waals surface area contributed by atoms with E-state index in [4.69, 9.17) is 11.6 Å². The Bertz CT molecular complexity index is 1170. The van der Waals surface area contributed by atoms with Crippen LogP contribution in [0.4, 0.5) is 11.4 Å². The van der Waals surface area contributed by atoms with Gasteiger partial charge in [0, 0.05) is 12.5 Å². The summed E-state index contributed by atoms with van der Waals surface area (Å²) in [5, 5.41) is 10.1. The first kappa shape index (κ1) is 22.2. The zero-order valence-corrected chi connectivity index (χ0v) is 18.2. The van der Waals surface area contributed by atoms with Gasteiger partial charge in [-0.2, -0.15) is 5.10 Å². The molecule has 0 fully saturated rings. The van der Waals surface area contributed by atoms with Gasteiger partial charge in [0.05, 0.1) is 16.4 Å². The van der Waals surface area contributed by atoms with Crippen LogP contribution >= 0.6 is 11.6 Å². The molecule has 2 N–H and O–H groups in total. The zero-order valence-electron chi connectivity index (χ0n) is 17.5. The molecule has 0 saturated heterocycles. The Morgan fingerprint density at radius 1 is 1.06 bits per heavy atom. The minimum absolute atomic E-state index is 0.0575. The quantitative estimate of drug-likeness (QED) is 0.595. The molecular formula is C23H23ClN4O3. The van der Waals surface area contributed by atoms with Crippen LogP contribution in [0.2, 0.25) is 5.02 Å². The van der Waals surface area contributed by atoms with Crippen molar-refractivity contribution in [3.8, 4) is 11.3 Å². The second-order valence-corrected chi connectivity index (χ2v) is 7.54. The molecule has 0 bridgehead atoms. The van der Waals surface area contributed by atoms with E-state index in [1.54, 1.807) is 31.2 Å². The summed E-state index contributed by atoms with van der Waals surface area (Å²) in [4.78, 5) is 37.7. The number of halogens is 1. The third-order valence-electron chi connectivity index (χ3n) is 4.71. The van der Waals surface area contributed by atoms with Crippen LogP contribution in [0.3, 0.4) is 0 Å². The maximum atomic E-state index is 13.0. The van der Waals surface area contributed by atoms with E-state index < -0.39 is 23.4 Å². The van der Waals surface area contributed by atoms with Crippen LogP contribution < -0.4 is 16.2 Å². The van der Waals surface area contributed by atoms with Gasteiger partial charge in [-0.1, -0.05) is 60.5 Å². The molecular weight excluding hydrogens is 416 g/mol. The van der Waals surface area contributed by atoms with Gasteiger partial charge in [-0.3, -0.25) is 14.4 Å². The second kappa shape index (κ2) is 9.57. The molecule has 0 radical (unpaired) electrons. The predicted octanol–water partition coefficient (Wildman–Crippen LogP) is 4.42. The molecule has 0 spiro atoms. The first-order chi connectivity index (χ1) is 14.8. The van der Waals surface area contributed by atoms with Crippen LogP contribution in [0.5, 0.6) is 0 Å². The van der Waals surface area contributed by atoms with E-state index in [9.17, 15) is 14.4 Å². The predicted molar refractivity (Wildman–Crippen MR) is 122 cm³/mol. The normalized spacial score (nSPS) is 11.6. The summed E-state index contributed by atoms with van der Waals surface area (Å²) in [6.07, 6.45) is 0.306. The summed E-state index contributed by atoms with van der Waals surface area (Å²) in [6, 6.07) is 15.0. The lowest BCUT2D eigenvalue weighted by molar-refractivity contribution is -0.119. The zero-order chi connectivity index (χ0) is 22.5. The van der Waals surface area contributed by atoms with Crippen molar-refractivity contribution >= 4 is 34.8 Å². The van der Waals surface area contributed by atoms with E-state index >= 15 is 0 Å². The Morgan fingerprint density at radius 2 is 1.74 bits per heavy atom. The molecule has 1 atom stereocenters. The van der Waals surface area contributed by atoms with Gasteiger partial charge >= 0.3 is 0 Å². The minimum atomic E-state index is -0.901. The summed E-state index contributed by atoms with van der Waals surface area (Å²) in [7, 11) is 0. The molecule has 0 aliphatic rings. The maximum absolute atomic E-state index is 13.0. The highest BCUT2D eigenvalue weighted by atomic mass is 35.5. The number of nitrogens with one attached hydrogen (secondary N) is 2. The molecule has 8 heteroatoms. The molecule has 3 aromatic rings. The van der Waals surface area contributed by atoms with E-state index in [1.165, 1.54) is 13.0 Å². The molecule has 31 heavy (non-hydrogen) atoms. The highest BCUT2D eigenvalue weighted by Gasteiger charge is 2.24. The van der Waals surface area contributed by atoms with Gasteiger partial charge in [-0.25, -0.2) is 4.68 Å². The van der Waals surface area contributed by atoms with Crippen molar-refractivity contribution < 1.29 is 9.59 Å². The van der Waals surface area contributed by atoms with E-state index in [-0.39, 0.29) is 5.69 Å². The second-order valence-electron chi connectivity index (χ2n) is 7.13. The minimum Gasteiger partial charge on any atom is -0.323 e. The molecule has 160 valence electrons. The van der Waals surface area contributed by atoms with Gasteiger partial charge in [-0.15, -0.1) is 0 Å². The number of benzene rings is 2. The van der Waals surface area contributed by atoms with E-state index in [0.29, 0.717) is 22.8 Å². The Kier molecular flexibility index (Phi) is 6.87. The summed E-state index contributed by atoms with van der Waals surface area (Å²) in [5.41, 5.74) is 2.23. The van der Waals surface area contributed by atoms with Crippen molar-refractivity contribution in [3.05, 3.63) is 75.5 Å². The lowest BCUT2D eigenvalue weighted by atomic mass is 10.1. The number of amides is 2. The lowest BCUT2D eigenvalue weighted by Gasteiger charge is -2.19. The molecule has 7 nitrogen and oxygen atoms in total. The molecule has 0 aliphatic heterocycles. The molecule has 2 amide bonds. The highest BCUT2D eigenvalue weighted by Crippen LogP contribution is 2.24. The van der Waals surface area contributed by atoms with Gasteiger partial charge in [0.15, 0.2) is 0 Å². The SMILES string of the molecule is CCC(C(=O)Nc1ccccc1Cl)n1nc(-c2ccc(C)cc2)cc(NC(C)=O)c1=O. The largest absolute Gasteiger partial charge is 0.323 e. The van der Waals surface area contributed by atoms with Gasteiger partial charge < -0.3 is 10.6 Å². The molecule has 1 aromatic heterocycles. The van der Waals surface area contributed by atoms with Gasteiger partial charge in [0.25, 0.3) is 5.56 Å². The maximum Gasteiger partial charge on any atom is 0.291 e. The number of anilines is 2. The van der Waals surface area contributed by atoms with Crippen molar-refractivity contribution in [2.75, 3.05) is 10.6 Å². The van der Waals surface area contributed by atoms with Crippen molar-refractivity contribution in [3.63, 3.8) is 0 Å². The lowest BCUT2D eigenvalue weighted by Crippen LogP contribution is -2.36. The fourth-order valence-electron chi connectivity index (χ4n) is 3.12. The number of aryl methyl sites for hydroxylation is 1. The number of hydrogen-bond donors (Lipinski definition) is 2. The summed E-state index contributed by atoms with van der Waals surface area (Å²) in [5.74, 6) is -0.821. The van der Waals surface area contributed by atoms with E-state index in [0.717, 1.165) is 15.8 Å². The van der Waals surface area contributed by atoms with Gasteiger partial charge in [0.1, 0.15) is 11.7 Å². The first-order valence-electron chi connectivity index (χ1n) is 9.84. The Balaban J connectivity index is 2.07. The summed E-state index contributed by atoms with van der Waals surface area (Å²) >= 11 is 6.15. The average molecular weight is 439 g/mol.